The summed E-state index contributed by atoms with van der Waals surface area (Å²) in [6.07, 6.45) is 1.95. The SMILES string of the molecule is [O]CCCCc1ccc(C(Cl)(Cl)Cl)cc1C(Cl)(Cl)Cl. The number of unbranched alkanes of at least 4 members (excludes halogenated alkanes) is 1. The fraction of sp³-hybridized carbons (Fsp3) is 0.500. The molecule has 1 rings (SSSR count). The number of hydrogen-bond acceptors (Lipinski definition) is 0. The van der Waals surface area contributed by atoms with E-state index in [2.05, 4.69) is 0 Å². The summed E-state index contributed by atoms with van der Waals surface area (Å²) in [5.41, 5.74) is 1.75. The predicted octanol–water partition coefficient (Wildman–Crippen LogP) is 6.09. The van der Waals surface area contributed by atoms with E-state index in [4.69, 9.17) is 69.6 Å². The third-order valence-corrected chi connectivity index (χ3v) is 3.85. The molecule has 0 atom stereocenters. The Morgan fingerprint density at radius 3 is 2.00 bits per heavy atom. The number of halogens is 6. The van der Waals surface area contributed by atoms with Gasteiger partial charge in [-0.15, -0.1) is 0 Å². The lowest BCUT2D eigenvalue weighted by atomic mass is 10.0. The van der Waals surface area contributed by atoms with Gasteiger partial charge in [0.05, 0.1) is 6.61 Å². The number of alkyl halides is 6. The molecule has 7 heteroatoms. The first kappa shape index (κ1) is 18.0. The molecule has 0 aromatic heterocycles. The van der Waals surface area contributed by atoms with Crippen molar-refractivity contribution in [3.05, 3.63) is 34.9 Å². The molecule has 1 aromatic carbocycles. The van der Waals surface area contributed by atoms with Crippen LogP contribution in [0.4, 0.5) is 0 Å². The molecule has 0 aliphatic rings. The number of rotatable bonds is 4. The smallest absolute Gasteiger partial charge is 0.216 e. The van der Waals surface area contributed by atoms with E-state index in [0.717, 1.165) is 12.0 Å². The third-order valence-electron chi connectivity index (χ3n) is 2.58. The second kappa shape index (κ2) is 7.26. The molecule has 0 unspecified atom stereocenters. The molecule has 19 heavy (non-hydrogen) atoms. The van der Waals surface area contributed by atoms with Crippen molar-refractivity contribution in [3.63, 3.8) is 0 Å². The van der Waals surface area contributed by atoms with E-state index < -0.39 is 7.59 Å². The summed E-state index contributed by atoms with van der Waals surface area (Å²) in [5.74, 6) is 0. The summed E-state index contributed by atoms with van der Waals surface area (Å²) in [6.45, 7) is -0.116. The fourth-order valence-electron chi connectivity index (χ4n) is 1.65. The molecular formula is C12H11Cl6O. The van der Waals surface area contributed by atoms with E-state index in [1.807, 2.05) is 0 Å². The van der Waals surface area contributed by atoms with Crippen LogP contribution in [0.3, 0.4) is 0 Å². The van der Waals surface area contributed by atoms with Crippen molar-refractivity contribution >= 4 is 69.6 Å². The molecule has 0 aliphatic carbocycles. The van der Waals surface area contributed by atoms with Gasteiger partial charge in [-0.05, 0) is 30.9 Å². The van der Waals surface area contributed by atoms with Gasteiger partial charge >= 0.3 is 0 Å². The molecule has 1 nitrogen and oxygen atoms in total. The van der Waals surface area contributed by atoms with E-state index in [9.17, 15) is 5.11 Å². The molecule has 0 aliphatic heterocycles. The number of aryl methyl sites for hydroxylation is 1. The standard InChI is InChI=1S/C12H11Cl6O/c13-11(14,15)9-5-4-8(3-1-2-6-19)10(7-9)12(16,17)18/h4-5,7H,1-3,6H2. The highest BCUT2D eigenvalue weighted by Gasteiger charge is 2.30. The van der Waals surface area contributed by atoms with Gasteiger partial charge in [0, 0.05) is 11.1 Å². The molecule has 0 saturated carbocycles. The van der Waals surface area contributed by atoms with E-state index in [1.54, 1.807) is 18.2 Å². The number of hydrogen-bond donors (Lipinski definition) is 0. The molecule has 0 bridgehead atoms. The Balaban J connectivity index is 3.11. The van der Waals surface area contributed by atoms with Gasteiger partial charge in [0.25, 0.3) is 0 Å². The minimum atomic E-state index is -1.60. The lowest BCUT2D eigenvalue weighted by Gasteiger charge is -2.20. The summed E-state index contributed by atoms with van der Waals surface area (Å²) < 4.78 is -3.17. The molecule has 0 fully saturated rings. The largest absolute Gasteiger partial charge is 0.237 e. The molecule has 1 aromatic rings. The Labute approximate surface area is 142 Å². The maximum atomic E-state index is 10.5. The monoisotopic (exact) mass is 381 g/mol. The van der Waals surface area contributed by atoms with Gasteiger partial charge in [-0.1, -0.05) is 81.7 Å². The molecule has 0 N–H and O–H groups in total. The van der Waals surface area contributed by atoms with Crippen LogP contribution in [0.1, 0.15) is 29.5 Å². The highest BCUT2D eigenvalue weighted by molar-refractivity contribution is 6.67. The third kappa shape index (κ3) is 5.67. The lowest BCUT2D eigenvalue weighted by Crippen LogP contribution is -2.09. The molecule has 0 spiro atoms. The summed E-state index contributed by atoms with van der Waals surface area (Å²) in [6, 6.07) is 5.02. The zero-order chi connectivity index (χ0) is 14.7. The van der Waals surface area contributed by atoms with Gasteiger partial charge in [-0.25, -0.2) is 5.11 Å². The first-order chi connectivity index (χ1) is 8.66. The van der Waals surface area contributed by atoms with Crippen LogP contribution >= 0.6 is 69.6 Å². The van der Waals surface area contributed by atoms with Crippen LogP contribution in [0.2, 0.25) is 0 Å². The molecule has 107 valence electrons. The van der Waals surface area contributed by atoms with Crippen molar-refractivity contribution < 1.29 is 5.11 Å². The Kier molecular flexibility index (Phi) is 6.87. The number of benzene rings is 1. The average molecular weight is 384 g/mol. The van der Waals surface area contributed by atoms with Crippen molar-refractivity contribution in [2.75, 3.05) is 6.61 Å². The van der Waals surface area contributed by atoms with Gasteiger partial charge in [-0.3, -0.25) is 0 Å². The van der Waals surface area contributed by atoms with Crippen LogP contribution in [-0.2, 0) is 19.1 Å². The molecule has 1 radical (unpaired) electrons. The predicted molar refractivity (Wildman–Crippen MR) is 83.4 cm³/mol. The minimum Gasteiger partial charge on any atom is -0.237 e. The second-order valence-electron chi connectivity index (χ2n) is 4.03. The normalized spacial score (nSPS) is 12.8. The zero-order valence-corrected chi connectivity index (χ0v) is 14.3. The molecular weight excluding hydrogens is 373 g/mol. The summed E-state index contributed by atoms with van der Waals surface area (Å²) in [7, 11) is 0. The van der Waals surface area contributed by atoms with Crippen LogP contribution in [0, 0.1) is 0 Å². The lowest BCUT2D eigenvalue weighted by molar-refractivity contribution is 0.187. The van der Waals surface area contributed by atoms with Crippen molar-refractivity contribution in [2.24, 2.45) is 0 Å². The van der Waals surface area contributed by atoms with E-state index in [0.29, 0.717) is 24.0 Å². The highest BCUT2D eigenvalue weighted by Crippen LogP contribution is 2.44. The Morgan fingerprint density at radius 1 is 0.895 bits per heavy atom. The van der Waals surface area contributed by atoms with E-state index in [1.165, 1.54) is 0 Å². The average Bonchev–Trinajstić information content (AvgIpc) is 2.27. The Hall–Kier alpha value is 0.920. The van der Waals surface area contributed by atoms with Gasteiger partial charge in [0.2, 0.25) is 7.59 Å². The van der Waals surface area contributed by atoms with Crippen LogP contribution < -0.4 is 0 Å². The second-order valence-corrected chi connectivity index (χ2v) is 8.59. The maximum absolute atomic E-state index is 10.5. The summed E-state index contributed by atoms with van der Waals surface area (Å²) >= 11 is 35.3. The van der Waals surface area contributed by atoms with Gasteiger partial charge in [0.15, 0.2) is 0 Å². The molecule has 0 heterocycles. The van der Waals surface area contributed by atoms with Crippen molar-refractivity contribution in [2.45, 2.75) is 26.8 Å². The zero-order valence-electron chi connectivity index (χ0n) is 9.74. The summed E-state index contributed by atoms with van der Waals surface area (Å²) in [5, 5.41) is 10.5. The maximum Gasteiger partial charge on any atom is 0.216 e. The van der Waals surface area contributed by atoms with Crippen LogP contribution in [0.5, 0.6) is 0 Å². The molecule has 0 amide bonds. The molecule has 0 saturated heterocycles. The van der Waals surface area contributed by atoms with E-state index >= 15 is 0 Å². The Morgan fingerprint density at radius 2 is 1.53 bits per heavy atom. The first-order valence-corrected chi connectivity index (χ1v) is 7.78. The van der Waals surface area contributed by atoms with Gasteiger partial charge < -0.3 is 0 Å². The fourth-order valence-corrected chi connectivity index (χ4v) is 2.53. The highest BCUT2D eigenvalue weighted by atomic mass is 35.6. The Bertz CT molecular complexity index is 421. The van der Waals surface area contributed by atoms with Crippen molar-refractivity contribution in [1.29, 1.82) is 0 Å². The van der Waals surface area contributed by atoms with Crippen LogP contribution in [0.25, 0.3) is 0 Å². The minimum absolute atomic E-state index is 0.116. The first-order valence-electron chi connectivity index (χ1n) is 5.51. The summed E-state index contributed by atoms with van der Waals surface area (Å²) in [4.78, 5) is 0. The quantitative estimate of drug-likeness (QED) is 0.442. The van der Waals surface area contributed by atoms with Crippen LogP contribution in [-0.4, -0.2) is 6.61 Å². The topological polar surface area (TPSA) is 19.9 Å². The van der Waals surface area contributed by atoms with Gasteiger partial charge in [-0.2, -0.15) is 0 Å². The van der Waals surface area contributed by atoms with Gasteiger partial charge in [0.1, 0.15) is 0 Å². The van der Waals surface area contributed by atoms with Crippen molar-refractivity contribution in [1.82, 2.24) is 0 Å². The van der Waals surface area contributed by atoms with E-state index in [-0.39, 0.29) is 6.61 Å². The van der Waals surface area contributed by atoms with Crippen molar-refractivity contribution in [3.8, 4) is 0 Å². The van der Waals surface area contributed by atoms with Crippen LogP contribution in [0.15, 0.2) is 18.2 Å².